The number of ether oxygens (including phenoxy) is 1. The van der Waals surface area contributed by atoms with E-state index < -0.39 is 11.2 Å². The van der Waals surface area contributed by atoms with Crippen molar-refractivity contribution in [3.05, 3.63) is 74.6 Å². The summed E-state index contributed by atoms with van der Waals surface area (Å²) in [6.45, 7) is 3.01. The maximum Gasteiger partial charge on any atom is 0.332 e. The minimum absolute atomic E-state index is 0.0135. The Kier molecular flexibility index (Phi) is 5.76. The quantitative estimate of drug-likeness (QED) is 0.662. The first-order chi connectivity index (χ1) is 14.5. The van der Waals surface area contributed by atoms with Crippen LogP contribution in [0, 0.1) is 6.92 Å². The summed E-state index contributed by atoms with van der Waals surface area (Å²) in [7, 11) is 0. The highest BCUT2D eigenvalue weighted by Gasteiger charge is 2.19. The molecule has 156 valence electrons. The van der Waals surface area contributed by atoms with Crippen LogP contribution < -0.4 is 16.6 Å². The van der Waals surface area contributed by atoms with E-state index in [9.17, 15) is 14.4 Å². The first kappa shape index (κ1) is 20.0. The Hall–Kier alpha value is -3.26. The molecule has 8 nitrogen and oxygen atoms in total. The zero-order valence-corrected chi connectivity index (χ0v) is 16.8. The summed E-state index contributed by atoms with van der Waals surface area (Å²) in [6.07, 6.45) is 3.42. The number of amides is 1. The van der Waals surface area contributed by atoms with E-state index in [4.69, 9.17) is 4.74 Å². The highest BCUT2D eigenvalue weighted by atomic mass is 16.5. The van der Waals surface area contributed by atoms with Gasteiger partial charge in [0.15, 0.2) is 5.52 Å². The maximum atomic E-state index is 13.2. The molecule has 1 saturated heterocycles. The van der Waals surface area contributed by atoms with Crippen molar-refractivity contribution < 1.29 is 9.53 Å². The van der Waals surface area contributed by atoms with E-state index >= 15 is 0 Å². The normalized spacial score (nSPS) is 16.1. The Morgan fingerprint density at radius 2 is 2.00 bits per heavy atom. The number of nitrogens with one attached hydrogen (secondary N) is 1. The van der Waals surface area contributed by atoms with E-state index in [0.717, 1.165) is 28.5 Å². The number of hydrogen-bond acceptors (Lipinski definition) is 5. The van der Waals surface area contributed by atoms with Crippen molar-refractivity contribution in [1.82, 2.24) is 19.4 Å². The minimum atomic E-state index is -0.534. The number of hydrogen-bond donors (Lipinski definition) is 1. The molecule has 1 atom stereocenters. The lowest BCUT2D eigenvalue weighted by molar-refractivity contribution is -0.122. The van der Waals surface area contributed by atoms with Crippen LogP contribution in [0.4, 0.5) is 0 Å². The van der Waals surface area contributed by atoms with Gasteiger partial charge in [0.25, 0.3) is 5.56 Å². The number of rotatable bonds is 6. The monoisotopic (exact) mass is 408 g/mol. The van der Waals surface area contributed by atoms with Crippen LogP contribution in [0.1, 0.15) is 24.0 Å². The largest absolute Gasteiger partial charge is 0.376 e. The molecule has 1 fully saturated rings. The third-order valence-electron chi connectivity index (χ3n) is 5.30. The fourth-order valence-corrected chi connectivity index (χ4v) is 3.64. The number of carbonyl (C=O) groups is 1. The predicted molar refractivity (Wildman–Crippen MR) is 113 cm³/mol. The second kappa shape index (κ2) is 8.62. The van der Waals surface area contributed by atoms with Crippen LogP contribution in [0.5, 0.6) is 0 Å². The van der Waals surface area contributed by atoms with Gasteiger partial charge in [-0.25, -0.2) is 9.78 Å². The maximum absolute atomic E-state index is 13.2. The topological polar surface area (TPSA) is 95.2 Å². The first-order valence-electron chi connectivity index (χ1n) is 10.0. The predicted octanol–water partition coefficient (Wildman–Crippen LogP) is 1.21. The molecule has 3 aromatic rings. The van der Waals surface area contributed by atoms with E-state index in [1.165, 1.54) is 10.8 Å². The molecule has 0 unspecified atom stereocenters. The number of fused-ring (bicyclic) bond motifs is 1. The molecule has 1 aromatic carbocycles. The molecule has 0 bridgehead atoms. The zero-order chi connectivity index (χ0) is 21.1. The van der Waals surface area contributed by atoms with Crippen molar-refractivity contribution in [2.24, 2.45) is 0 Å². The van der Waals surface area contributed by atoms with Crippen LogP contribution in [0.25, 0.3) is 11.0 Å². The highest BCUT2D eigenvalue weighted by molar-refractivity contribution is 5.79. The Bertz CT molecular complexity index is 1170. The van der Waals surface area contributed by atoms with Crippen molar-refractivity contribution in [3.63, 3.8) is 0 Å². The first-order valence-corrected chi connectivity index (χ1v) is 10.0. The minimum Gasteiger partial charge on any atom is -0.376 e. The molecule has 4 rings (SSSR count). The average Bonchev–Trinajstić information content (AvgIpc) is 3.28. The molecule has 3 heterocycles. The van der Waals surface area contributed by atoms with Crippen molar-refractivity contribution >= 4 is 16.9 Å². The Labute approximate surface area is 173 Å². The number of aromatic nitrogens is 3. The number of nitrogens with zero attached hydrogens (tertiary/aromatic N) is 3. The van der Waals surface area contributed by atoms with Gasteiger partial charge in [-0.1, -0.05) is 29.8 Å². The fourth-order valence-electron chi connectivity index (χ4n) is 3.64. The summed E-state index contributed by atoms with van der Waals surface area (Å²) in [5.74, 6) is -0.307. The smallest absolute Gasteiger partial charge is 0.332 e. The van der Waals surface area contributed by atoms with Gasteiger partial charge in [-0.2, -0.15) is 0 Å². The molecule has 0 spiro atoms. The summed E-state index contributed by atoms with van der Waals surface area (Å²) < 4.78 is 7.96. The van der Waals surface area contributed by atoms with Crippen molar-refractivity contribution in [3.8, 4) is 0 Å². The molecule has 1 amide bonds. The standard InChI is InChI=1S/C22H24N4O4/c1-15-6-8-16(9-7-15)13-26-21(28)20-18(5-2-10-23-20)25(22(26)29)14-19(27)24-12-17-4-3-11-30-17/h2,5-10,17H,3-4,11-14H2,1H3,(H,24,27)/t17-/m1/s1. The van der Waals surface area contributed by atoms with Crippen molar-refractivity contribution in [2.45, 2.75) is 39.0 Å². The van der Waals surface area contributed by atoms with Crippen molar-refractivity contribution in [1.29, 1.82) is 0 Å². The molecular formula is C22H24N4O4. The van der Waals surface area contributed by atoms with Crippen molar-refractivity contribution in [2.75, 3.05) is 13.2 Å². The van der Waals surface area contributed by atoms with Crippen LogP contribution in [-0.4, -0.2) is 39.3 Å². The van der Waals surface area contributed by atoms with E-state index in [1.807, 2.05) is 31.2 Å². The summed E-state index contributed by atoms with van der Waals surface area (Å²) in [5, 5.41) is 2.82. The van der Waals surface area contributed by atoms with Crippen LogP contribution in [0.15, 0.2) is 52.2 Å². The lowest BCUT2D eigenvalue weighted by atomic mass is 10.1. The SMILES string of the molecule is Cc1ccc(Cn2c(=O)c3ncccc3n(CC(=O)NC[C@H]3CCCO3)c2=O)cc1. The molecule has 1 N–H and O–H groups in total. The van der Waals surface area contributed by atoms with Crippen LogP contribution in [0.3, 0.4) is 0 Å². The number of pyridine rings is 1. The highest BCUT2D eigenvalue weighted by Crippen LogP contribution is 2.11. The van der Waals surface area contributed by atoms with Crippen LogP contribution in [0.2, 0.25) is 0 Å². The Morgan fingerprint density at radius 1 is 1.20 bits per heavy atom. The summed E-state index contributed by atoms with van der Waals surface area (Å²) >= 11 is 0. The molecule has 0 saturated carbocycles. The average molecular weight is 408 g/mol. The molecule has 2 aromatic heterocycles. The van der Waals surface area contributed by atoms with Gasteiger partial charge in [0, 0.05) is 19.3 Å². The van der Waals surface area contributed by atoms with Gasteiger partial charge in [-0.05, 0) is 37.5 Å². The molecule has 0 radical (unpaired) electrons. The second-order valence-corrected chi connectivity index (χ2v) is 7.56. The van der Waals surface area contributed by atoms with Crippen LogP contribution in [-0.2, 0) is 22.6 Å². The molecule has 0 aliphatic carbocycles. The fraction of sp³-hybridized carbons (Fsp3) is 0.364. The lowest BCUT2D eigenvalue weighted by Gasteiger charge is -2.15. The Balaban J connectivity index is 1.67. The number of benzene rings is 1. The lowest BCUT2D eigenvalue weighted by Crippen LogP contribution is -2.43. The third-order valence-corrected chi connectivity index (χ3v) is 5.30. The van der Waals surface area contributed by atoms with Gasteiger partial charge in [0.1, 0.15) is 6.54 Å². The zero-order valence-electron chi connectivity index (χ0n) is 16.8. The molecule has 1 aliphatic heterocycles. The van der Waals surface area contributed by atoms with E-state index in [2.05, 4.69) is 10.3 Å². The molecule has 30 heavy (non-hydrogen) atoms. The van der Waals surface area contributed by atoms with Gasteiger partial charge < -0.3 is 10.1 Å². The molecule has 1 aliphatic rings. The van der Waals surface area contributed by atoms with E-state index in [-0.39, 0.29) is 30.6 Å². The van der Waals surface area contributed by atoms with Gasteiger partial charge in [-0.3, -0.25) is 18.7 Å². The molecular weight excluding hydrogens is 384 g/mol. The summed E-state index contributed by atoms with van der Waals surface area (Å²) in [4.78, 5) is 42.8. The van der Waals surface area contributed by atoms with Gasteiger partial charge >= 0.3 is 5.69 Å². The van der Waals surface area contributed by atoms with E-state index in [0.29, 0.717) is 18.7 Å². The molecule has 8 heteroatoms. The third kappa shape index (κ3) is 4.18. The van der Waals surface area contributed by atoms with E-state index in [1.54, 1.807) is 12.1 Å². The van der Waals surface area contributed by atoms with Gasteiger partial charge in [0.05, 0.1) is 18.2 Å². The van der Waals surface area contributed by atoms with Gasteiger partial charge in [-0.15, -0.1) is 0 Å². The number of carbonyl (C=O) groups excluding carboxylic acids is 1. The van der Waals surface area contributed by atoms with Gasteiger partial charge in [0.2, 0.25) is 5.91 Å². The van der Waals surface area contributed by atoms with Crippen LogP contribution >= 0.6 is 0 Å². The summed E-state index contributed by atoms with van der Waals surface area (Å²) in [5.41, 5.74) is 1.42. The summed E-state index contributed by atoms with van der Waals surface area (Å²) in [6, 6.07) is 10.9. The Morgan fingerprint density at radius 3 is 2.73 bits per heavy atom. The number of aryl methyl sites for hydroxylation is 1. The second-order valence-electron chi connectivity index (χ2n) is 7.56.